The van der Waals surface area contributed by atoms with Crippen LogP contribution in [0, 0.1) is 10.8 Å². The van der Waals surface area contributed by atoms with Gasteiger partial charge in [-0.2, -0.15) is 0 Å². The number of nitrogens with zero attached hydrogens (tertiary/aromatic N) is 1. The van der Waals surface area contributed by atoms with Crippen LogP contribution >= 0.6 is 11.6 Å². The van der Waals surface area contributed by atoms with Gasteiger partial charge in [0.2, 0.25) is 0 Å². The van der Waals surface area contributed by atoms with Gasteiger partial charge in [0.05, 0.1) is 18.2 Å². The molecule has 0 N–H and O–H groups in total. The molecule has 35 heavy (non-hydrogen) atoms. The first kappa shape index (κ1) is 22.1. The summed E-state index contributed by atoms with van der Waals surface area (Å²) >= 11 is 6.29. The van der Waals surface area contributed by atoms with Crippen LogP contribution in [0.15, 0.2) is 71.4 Å². The van der Waals surface area contributed by atoms with Crippen LogP contribution in [0.25, 0.3) is 6.08 Å². The van der Waals surface area contributed by atoms with E-state index in [-0.39, 0.29) is 17.3 Å². The smallest absolute Gasteiger partial charge is 0.180 e. The average molecular weight is 486 g/mol. The number of halogens is 1. The van der Waals surface area contributed by atoms with Crippen LogP contribution < -0.4 is 4.90 Å². The molecule has 1 fully saturated rings. The predicted molar refractivity (Wildman–Crippen MR) is 134 cm³/mol. The van der Waals surface area contributed by atoms with Crippen molar-refractivity contribution in [3.8, 4) is 0 Å². The Kier molecular flexibility index (Phi) is 4.59. The van der Waals surface area contributed by atoms with Crippen molar-refractivity contribution in [2.24, 2.45) is 10.8 Å². The van der Waals surface area contributed by atoms with Crippen LogP contribution in [0.1, 0.15) is 58.7 Å². The lowest BCUT2D eigenvalue weighted by molar-refractivity contribution is -0.128. The van der Waals surface area contributed by atoms with E-state index in [4.69, 9.17) is 16.0 Å². The van der Waals surface area contributed by atoms with Gasteiger partial charge in [-0.1, -0.05) is 68.8 Å². The summed E-state index contributed by atoms with van der Waals surface area (Å²) in [5.41, 5.74) is 0.152. The molecule has 3 heterocycles. The summed E-state index contributed by atoms with van der Waals surface area (Å²) in [6, 6.07) is 14.5. The third-order valence-electron chi connectivity index (χ3n) is 7.62. The minimum atomic E-state index is -1.53. The molecule has 2 aromatic carbocycles. The van der Waals surface area contributed by atoms with Gasteiger partial charge in [0.15, 0.2) is 17.3 Å². The monoisotopic (exact) mass is 485 g/mol. The number of hydrogen-bond acceptors (Lipinski definition) is 5. The summed E-state index contributed by atoms with van der Waals surface area (Å²) in [6.07, 6.45) is 5.31. The molecule has 5 nitrogen and oxygen atoms in total. The van der Waals surface area contributed by atoms with E-state index < -0.39 is 28.8 Å². The maximum atomic E-state index is 14.3. The summed E-state index contributed by atoms with van der Waals surface area (Å²) in [7, 11) is 0. The predicted octanol–water partition coefficient (Wildman–Crippen LogP) is 5.98. The van der Waals surface area contributed by atoms with Gasteiger partial charge in [-0.15, -0.1) is 0 Å². The molecule has 6 rings (SSSR count). The highest BCUT2D eigenvalue weighted by Gasteiger charge is 2.72. The highest BCUT2D eigenvalue weighted by molar-refractivity contribution is 6.32. The Morgan fingerprint density at radius 3 is 2.29 bits per heavy atom. The Bertz CT molecular complexity index is 1390. The lowest BCUT2D eigenvalue weighted by Crippen LogP contribution is -2.49. The van der Waals surface area contributed by atoms with E-state index >= 15 is 0 Å². The summed E-state index contributed by atoms with van der Waals surface area (Å²) in [5, 5.41) is 0.572. The summed E-state index contributed by atoms with van der Waals surface area (Å²) in [5.74, 6) is -0.927. The number of hydrogen-bond donors (Lipinski definition) is 0. The Hall–Kier alpha value is -3.44. The molecule has 6 heteroatoms. The molecular weight excluding hydrogens is 462 g/mol. The van der Waals surface area contributed by atoms with Gasteiger partial charge in [-0.05, 0) is 35.9 Å². The molecule has 0 unspecified atom stereocenters. The number of Topliss-reactive ketones (excluding diaryl/α,β-unsaturated/α-hetero) is 3. The lowest BCUT2D eigenvalue weighted by atomic mass is 9.65. The van der Waals surface area contributed by atoms with E-state index in [1.165, 1.54) is 6.26 Å². The number of anilines is 1. The molecule has 0 bridgehead atoms. The number of benzene rings is 2. The highest BCUT2D eigenvalue weighted by atomic mass is 35.5. The molecule has 1 saturated heterocycles. The molecule has 0 saturated carbocycles. The van der Waals surface area contributed by atoms with Crippen molar-refractivity contribution in [2.45, 2.75) is 38.8 Å². The minimum absolute atomic E-state index is 0.0615. The molecular formula is C29H24ClNO4. The van der Waals surface area contributed by atoms with Crippen molar-refractivity contribution in [2.75, 3.05) is 4.90 Å². The zero-order valence-corrected chi connectivity index (χ0v) is 20.4. The second kappa shape index (κ2) is 7.28. The van der Waals surface area contributed by atoms with E-state index in [0.29, 0.717) is 21.9 Å². The Morgan fingerprint density at radius 1 is 1.00 bits per heavy atom. The Balaban J connectivity index is 1.69. The second-order valence-corrected chi connectivity index (χ2v) is 11.0. The molecule has 2 aliphatic heterocycles. The van der Waals surface area contributed by atoms with Gasteiger partial charge in [0.1, 0.15) is 17.2 Å². The maximum Gasteiger partial charge on any atom is 0.180 e. The maximum absolute atomic E-state index is 14.3. The summed E-state index contributed by atoms with van der Waals surface area (Å²) < 4.78 is 5.88. The first-order valence-corrected chi connectivity index (χ1v) is 12.1. The molecule has 3 aliphatic rings. The molecule has 3 atom stereocenters. The molecule has 1 aliphatic carbocycles. The lowest BCUT2D eigenvalue weighted by Gasteiger charge is -2.38. The fourth-order valence-corrected chi connectivity index (χ4v) is 6.35. The van der Waals surface area contributed by atoms with Crippen LogP contribution in [0.5, 0.6) is 0 Å². The highest BCUT2D eigenvalue weighted by Crippen LogP contribution is 2.61. The molecule has 176 valence electrons. The van der Waals surface area contributed by atoms with Crippen molar-refractivity contribution in [1.29, 1.82) is 0 Å². The molecule has 0 radical (unpaired) electrons. The van der Waals surface area contributed by atoms with Crippen molar-refractivity contribution in [3.05, 3.63) is 94.4 Å². The molecule has 0 amide bonds. The second-order valence-electron chi connectivity index (χ2n) is 10.5. The van der Waals surface area contributed by atoms with Crippen LogP contribution in [-0.4, -0.2) is 29.4 Å². The van der Waals surface area contributed by atoms with Crippen LogP contribution in [0.2, 0.25) is 5.02 Å². The average Bonchev–Trinajstić information content (AvgIpc) is 3.51. The normalized spacial score (nSPS) is 24.0. The zero-order chi connectivity index (χ0) is 24.7. The number of ketones is 3. The van der Waals surface area contributed by atoms with E-state index in [2.05, 4.69) is 0 Å². The topological polar surface area (TPSA) is 67.6 Å². The summed E-state index contributed by atoms with van der Waals surface area (Å²) in [6.45, 7) is 5.60. The number of rotatable bonds is 2. The number of furan rings is 1. The molecule has 3 aromatic rings. The standard InChI is InChI=1S/C29H24ClNO4/c1-28(2,3)27(34)24-23(21-9-6-14-35-21)29(25(32)18-7-4-5-8-19(18)26(29)33)22-13-10-16-15-17(30)11-12-20(16)31(22)24/h4-15,22-24H,1-3H3/t22-,23+,24-/m1/s1. The quantitative estimate of drug-likeness (QED) is 0.417. The Morgan fingerprint density at radius 2 is 1.69 bits per heavy atom. The Labute approximate surface area is 208 Å². The van der Waals surface area contributed by atoms with Crippen molar-refractivity contribution in [1.82, 2.24) is 0 Å². The van der Waals surface area contributed by atoms with E-state index in [9.17, 15) is 14.4 Å². The van der Waals surface area contributed by atoms with Gasteiger partial charge in [0, 0.05) is 27.3 Å². The van der Waals surface area contributed by atoms with Crippen LogP contribution in [-0.2, 0) is 4.79 Å². The fourth-order valence-electron chi connectivity index (χ4n) is 6.17. The van der Waals surface area contributed by atoms with Crippen molar-refractivity contribution >= 4 is 40.7 Å². The van der Waals surface area contributed by atoms with Gasteiger partial charge in [-0.3, -0.25) is 14.4 Å². The first-order valence-electron chi connectivity index (χ1n) is 11.7. The fraction of sp³-hybridized carbons (Fsp3) is 0.276. The summed E-state index contributed by atoms with van der Waals surface area (Å²) in [4.78, 5) is 44.8. The number of carbonyl (C=O) groups excluding carboxylic acids is 3. The first-order chi connectivity index (χ1) is 16.7. The minimum Gasteiger partial charge on any atom is -0.469 e. The number of carbonyl (C=O) groups is 3. The van der Waals surface area contributed by atoms with E-state index in [1.807, 2.05) is 50.0 Å². The van der Waals surface area contributed by atoms with Gasteiger partial charge in [0.25, 0.3) is 0 Å². The van der Waals surface area contributed by atoms with Gasteiger partial charge in [-0.25, -0.2) is 0 Å². The van der Waals surface area contributed by atoms with Crippen molar-refractivity contribution in [3.63, 3.8) is 0 Å². The van der Waals surface area contributed by atoms with Crippen LogP contribution in [0.3, 0.4) is 0 Å². The molecule has 1 spiro atoms. The van der Waals surface area contributed by atoms with Gasteiger partial charge < -0.3 is 9.32 Å². The van der Waals surface area contributed by atoms with Crippen molar-refractivity contribution < 1.29 is 18.8 Å². The number of fused-ring (bicyclic) bond motifs is 5. The van der Waals surface area contributed by atoms with E-state index in [0.717, 1.165) is 11.3 Å². The van der Waals surface area contributed by atoms with Crippen LogP contribution in [0.4, 0.5) is 5.69 Å². The van der Waals surface area contributed by atoms with E-state index in [1.54, 1.807) is 42.5 Å². The largest absolute Gasteiger partial charge is 0.469 e. The third-order valence-corrected chi connectivity index (χ3v) is 7.86. The zero-order valence-electron chi connectivity index (χ0n) is 19.6. The third kappa shape index (κ3) is 2.79. The molecule has 1 aromatic heterocycles. The SMILES string of the molecule is CC(C)(C)C(=O)[C@H]1[C@H](c2ccco2)C2(C(=O)c3ccccc3C2=O)[C@H]2C=Cc3cc(Cl)ccc3N12. The van der Waals surface area contributed by atoms with Gasteiger partial charge >= 0.3 is 0 Å².